The van der Waals surface area contributed by atoms with Crippen molar-refractivity contribution < 1.29 is 14.0 Å². The zero-order chi connectivity index (χ0) is 14.1. The fourth-order valence-electron chi connectivity index (χ4n) is 2.63. The lowest BCUT2D eigenvalue weighted by Gasteiger charge is -2.37. The van der Waals surface area contributed by atoms with Crippen LogP contribution in [0.4, 0.5) is 0 Å². The number of H-pyrrole nitrogens is 1. The lowest BCUT2D eigenvalue weighted by atomic mass is 10.2. The number of aromatic amines is 1. The topological polar surface area (TPSA) is 42.1 Å². The first kappa shape index (κ1) is 15.8. The van der Waals surface area contributed by atoms with Crippen molar-refractivity contribution in [3.63, 3.8) is 0 Å². The molecule has 19 heavy (non-hydrogen) atoms. The van der Waals surface area contributed by atoms with Gasteiger partial charge in [-0.2, -0.15) is 0 Å². The average Bonchev–Trinajstić information content (AvgIpc) is 2.93. The van der Waals surface area contributed by atoms with E-state index >= 15 is 0 Å². The predicted molar refractivity (Wildman–Crippen MR) is 77.1 cm³/mol. The highest BCUT2D eigenvalue weighted by molar-refractivity contribution is 5.87. The molecule has 0 aliphatic carbocycles. The van der Waals surface area contributed by atoms with E-state index in [4.69, 9.17) is 4.74 Å². The SMILES string of the molecule is CCC[N+](CC)(CCC)CCOC(=O)c1ccc[nH]1. The summed E-state index contributed by atoms with van der Waals surface area (Å²) >= 11 is 0. The van der Waals surface area contributed by atoms with Crippen LogP contribution in [0.5, 0.6) is 0 Å². The number of carbonyl (C=O) groups is 1. The molecule has 0 aliphatic heterocycles. The molecule has 0 bridgehead atoms. The van der Waals surface area contributed by atoms with Crippen molar-refractivity contribution >= 4 is 5.97 Å². The minimum atomic E-state index is -0.257. The van der Waals surface area contributed by atoms with Gasteiger partial charge in [0.05, 0.1) is 19.6 Å². The smallest absolute Gasteiger partial charge is 0.354 e. The van der Waals surface area contributed by atoms with E-state index in [9.17, 15) is 4.79 Å². The molecule has 0 atom stereocenters. The summed E-state index contributed by atoms with van der Waals surface area (Å²) in [5, 5.41) is 0. The summed E-state index contributed by atoms with van der Waals surface area (Å²) in [6.07, 6.45) is 4.06. The van der Waals surface area contributed by atoms with E-state index in [1.807, 2.05) is 0 Å². The first-order valence-corrected chi connectivity index (χ1v) is 7.33. The average molecular weight is 267 g/mol. The number of rotatable bonds is 9. The minimum Gasteiger partial charge on any atom is -0.455 e. The molecule has 0 saturated carbocycles. The van der Waals surface area contributed by atoms with Gasteiger partial charge in [0, 0.05) is 6.20 Å². The maximum absolute atomic E-state index is 11.7. The van der Waals surface area contributed by atoms with Gasteiger partial charge in [0.1, 0.15) is 18.8 Å². The van der Waals surface area contributed by atoms with Crippen LogP contribution in [0.1, 0.15) is 44.1 Å². The van der Waals surface area contributed by atoms with Gasteiger partial charge in [-0.3, -0.25) is 0 Å². The molecule has 0 spiro atoms. The largest absolute Gasteiger partial charge is 0.455 e. The van der Waals surface area contributed by atoms with Crippen molar-refractivity contribution in [2.24, 2.45) is 0 Å². The minimum absolute atomic E-state index is 0.257. The third-order valence-electron chi connectivity index (χ3n) is 3.68. The summed E-state index contributed by atoms with van der Waals surface area (Å²) in [6, 6.07) is 3.54. The summed E-state index contributed by atoms with van der Waals surface area (Å²) in [4.78, 5) is 14.6. The first-order chi connectivity index (χ1) is 9.17. The van der Waals surface area contributed by atoms with Crippen LogP contribution < -0.4 is 0 Å². The van der Waals surface area contributed by atoms with Gasteiger partial charge >= 0.3 is 5.97 Å². The van der Waals surface area contributed by atoms with Crippen LogP contribution in [-0.2, 0) is 4.74 Å². The van der Waals surface area contributed by atoms with Crippen LogP contribution in [0.15, 0.2) is 18.3 Å². The number of esters is 1. The van der Waals surface area contributed by atoms with Crippen molar-refractivity contribution in [3.8, 4) is 0 Å². The molecule has 0 fully saturated rings. The Bertz CT molecular complexity index is 354. The number of hydrogen-bond donors (Lipinski definition) is 1. The molecule has 4 nitrogen and oxygen atoms in total. The zero-order valence-electron chi connectivity index (χ0n) is 12.4. The van der Waals surface area contributed by atoms with E-state index < -0.39 is 0 Å². The number of ether oxygens (including phenoxy) is 1. The van der Waals surface area contributed by atoms with Gasteiger partial charge < -0.3 is 14.2 Å². The molecule has 0 unspecified atom stereocenters. The van der Waals surface area contributed by atoms with Gasteiger partial charge in [0.15, 0.2) is 0 Å². The van der Waals surface area contributed by atoms with Crippen molar-refractivity contribution in [2.75, 3.05) is 32.8 Å². The number of likely N-dealkylation sites (N-methyl/N-ethyl adjacent to an activating group) is 1. The Kier molecular flexibility index (Phi) is 6.64. The summed E-state index contributed by atoms with van der Waals surface area (Å²) in [7, 11) is 0. The van der Waals surface area contributed by atoms with Crippen molar-refractivity contribution in [1.82, 2.24) is 4.98 Å². The quantitative estimate of drug-likeness (QED) is 0.552. The molecule has 1 aromatic rings. The second-order valence-corrected chi connectivity index (χ2v) is 5.05. The third-order valence-corrected chi connectivity index (χ3v) is 3.68. The number of nitrogens with one attached hydrogen (secondary N) is 1. The summed E-state index contributed by atoms with van der Waals surface area (Å²) in [5.41, 5.74) is 0.528. The fraction of sp³-hybridized carbons (Fsp3) is 0.667. The highest BCUT2D eigenvalue weighted by atomic mass is 16.5. The van der Waals surface area contributed by atoms with Crippen LogP contribution >= 0.6 is 0 Å². The van der Waals surface area contributed by atoms with Crippen molar-refractivity contribution in [3.05, 3.63) is 24.0 Å². The molecule has 1 N–H and O–H groups in total. The predicted octanol–water partition coefficient (Wildman–Crippen LogP) is 2.83. The monoisotopic (exact) mass is 267 g/mol. The van der Waals surface area contributed by atoms with Gasteiger partial charge in [0.25, 0.3) is 0 Å². The molecule has 4 heteroatoms. The summed E-state index contributed by atoms with van der Waals surface area (Å²) in [6.45, 7) is 11.5. The van der Waals surface area contributed by atoms with Gasteiger partial charge in [-0.1, -0.05) is 13.8 Å². The Hall–Kier alpha value is -1.29. The Morgan fingerprint density at radius 2 is 1.89 bits per heavy atom. The molecule has 1 heterocycles. The molecule has 1 rings (SSSR count). The number of aromatic nitrogens is 1. The third kappa shape index (κ3) is 4.71. The number of nitrogens with zero attached hydrogens (tertiary/aromatic N) is 1. The van der Waals surface area contributed by atoms with Gasteiger partial charge in [0.2, 0.25) is 0 Å². The first-order valence-electron chi connectivity index (χ1n) is 7.33. The van der Waals surface area contributed by atoms with Gasteiger partial charge in [-0.15, -0.1) is 0 Å². The molecule has 1 aromatic heterocycles. The van der Waals surface area contributed by atoms with E-state index in [1.165, 1.54) is 12.8 Å². The molecule has 0 radical (unpaired) electrons. The standard InChI is InChI=1S/C15H26N2O2/c1-4-10-17(6-3,11-5-2)12-13-19-15(18)14-8-7-9-16-14/h7-9H,4-6,10-13H2,1-3H3/p+1. The second kappa shape index (κ2) is 8.00. The van der Waals surface area contributed by atoms with E-state index in [0.29, 0.717) is 12.3 Å². The molecule has 108 valence electrons. The number of hydrogen-bond acceptors (Lipinski definition) is 2. The maximum atomic E-state index is 11.7. The number of quaternary nitrogens is 1. The summed E-state index contributed by atoms with van der Waals surface area (Å²) < 4.78 is 6.40. The van der Waals surface area contributed by atoms with Gasteiger partial charge in [-0.05, 0) is 31.9 Å². The van der Waals surface area contributed by atoms with Crippen LogP contribution in [0.3, 0.4) is 0 Å². The lowest BCUT2D eigenvalue weighted by molar-refractivity contribution is -0.926. The Labute approximate surface area is 116 Å². The maximum Gasteiger partial charge on any atom is 0.354 e. The highest BCUT2D eigenvalue weighted by Gasteiger charge is 2.23. The molecule has 0 aromatic carbocycles. The van der Waals surface area contributed by atoms with Crippen LogP contribution in [0, 0.1) is 0 Å². The Morgan fingerprint density at radius 3 is 2.37 bits per heavy atom. The fourth-order valence-corrected chi connectivity index (χ4v) is 2.63. The van der Waals surface area contributed by atoms with Crippen LogP contribution in [0.2, 0.25) is 0 Å². The van der Waals surface area contributed by atoms with E-state index in [0.717, 1.165) is 30.7 Å². The normalized spacial score (nSPS) is 11.5. The van der Waals surface area contributed by atoms with E-state index in [-0.39, 0.29) is 5.97 Å². The Morgan fingerprint density at radius 1 is 1.21 bits per heavy atom. The van der Waals surface area contributed by atoms with Crippen LogP contribution in [0.25, 0.3) is 0 Å². The molecule has 0 amide bonds. The van der Waals surface area contributed by atoms with Crippen molar-refractivity contribution in [2.45, 2.75) is 33.6 Å². The molecule has 0 aliphatic rings. The zero-order valence-corrected chi connectivity index (χ0v) is 12.4. The lowest BCUT2D eigenvalue weighted by Crippen LogP contribution is -2.51. The Balaban J connectivity index is 2.45. The van der Waals surface area contributed by atoms with E-state index in [2.05, 4.69) is 25.8 Å². The van der Waals surface area contributed by atoms with E-state index in [1.54, 1.807) is 18.3 Å². The highest BCUT2D eigenvalue weighted by Crippen LogP contribution is 2.10. The van der Waals surface area contributed by atoms with Crippen LogP contribution in [-0.4, -0.2) is 48.2 Å². The number of carbonyl (C=O) groups excluding carboxylic acids is 1. The molecular weight excluding hydrogens is 240 g/mol. The molecule has 0 saturated heterocycles. The summed E-state index contributed by atoms with van der Waals surface area (Å²) in [5.74, 6) is -0.257. The van der Waals surface area contributed by atoms with Crippen molar-refractivity contribution in [1.29, 1.82) is 0 Å². The molecular formula is C15H27N2O2+. The van der Waals surface area contributed by atoms with Gasteiger partial charge in [-0.25, -0.2) is 4.79 Å². The second-order valence-electron chi connectivity index (χ2n) is 5.05.